The fraction of sp³-hybridized carbons (Fsp3) is 0.185. The molecule has 2 amide bonds. The number of amides is 2. The minimum Gasteiger partial charge on any atom is -0.497 e. The van der Waals surface area contributed by atoms with Crippen LogP contribution in [0.2, 0.25) is 0 Å². The molecule has 0 radical (unpaired) electrons. The van der Waals surface area contributed by atoms with Crippen molar-refractivity contribution in [3.8, 4) is 17.2 Å². The number of fused-ring (bicyclic) bond motifs is 2. The molecule has 8 heteroatoms. The number of H-pyrrole nitrogens is 1. The summed E-state index contributed by atoms with van der Waals surface area (Å²) in [5, 5.41) is 6.76. The third-order valence-electron chi connectivity index (χ3n) is 5.85. The normalized spacial score (nSPS) is 13.2. The van der Waals surface area contributed by atoms with Gasteiger partial charge in [0.1, 0.15) is 25.0 Å². The van der Waals surface area contributed by atoms with Crippen molar-refractivity contribution in [2.45, 2.75) is 12.5 Å². The molecule has 0 saturated carbocycles. The molecular formula is C27H25N3O5. The van der Waals surface area contributed by atoms with Crippen molar-refractivity contribution in [1.82, 2.24) is 10.3 Å². The molecule has 4 aromatic rings. The topological polar surface area (TPSA) is 102 Å². The molecule has 1 atom stereocenters. The van der Waals surface area contributed by atoms with Gasteiger partial charge in [0.25, 0.3) is 5.91 Å². The van der Waals surface area contributed by atoms with Crippen LogP contribution in [0.1, 0.15) is 17.2 Å². The van der Waals surface area contributed by atoms with E-state index in [1.807, 2.05) is 30.5 Å². The maximum Gasteiger partial charge on any atom is 0.251 e. The van der Waals surface area contributed by atoms with E-state index in [1.165, 1.54) is 0 Å². The predicted molar refractivity (Wildman–Crippen MR) is 132 cm³/mol. The molecule has 0 fully saturated rings. The minimum atomic E-state index is -0.910. The number of hydrogen-bond donors (Lipinski definition) is 3. The first-order chi connectivity index (χ1) is 17.1. The lowest BCUT2D eigenvalue weighted by atomic mass is 10.0. The number of carbonyl (C=O) groups excluding carboxylic acids is 2. The highest BCUT2D eigenvalue weighted by molar-refractivity contribution is 5.99. The van der Waals surface area contributed by atoms with Crippen LogP contribution in [0.15, 0.2) is 72.9 Å². The Morgan fingerprint density at radius 3 is 2.57 bits per heavy atom. The Kier molecular flexibility index (Phi) is 6.26. The molecule has 0 aliphatic carbocycles. The highest BCUT2D eigenvalue weighted by Crippen LogP contribution is 2.33. The summed E-state index contributed by atoms with van der Waals surface area (Å²) in [6.07, 6.45) is 1.95. The molecule has 1 aliphatic rings. The van der Waals surface area contributed by atoms with Crippen molar-refractivity contribution in [2.24, 2.45) is 0 Å². The van der Waals surface area contributed by atoms with Crippen molar-refractivity contribution in [2.75, 3.05) is 25.6 Å². The zero-order valence-corrected chi connectivity index (χ0v) is 19.2. The second kappa shape index (κ2) is 9.80. The minimum absolute atomic E-state index is 0.133. The fourth-order valence-electron chi connectivity index (χ4n) is 4.10. The van der Waals surface area contributed by atoms with Gasteiger partial charge in [0.15, 0.2) is 11.5 Å². The van der Waals surface area contributed by atoms with E-state index in [0.717, 1.165) is 16.5 Å². The molecule has 0 saturated heterocycles. The molecule has 2 heterocycles. The molecule has 35 heavy (non-hydrogen) atoms. The molecule has 8 nitrogen and oxygen atoms in total. The Bertz CT molecular complexity index is 1360. The van der Waals surface area contributed by atoms with Crippen molar-refractivity contribution in [3.05, 3.63) is 84.1 Å². The predicted octanol–water partition coefficient (Wildman–Crippen LogP) is 3.99. The summed E-state index contributed by atoms with van der Waals surface area (Å²) in [6, 6.07) is 19.1. The number of nitrogens with one attached hydrogen (secondary N) is 3. The van der Waals surface area contributed by atoms with Crippen molar-refractivity contribution >= 4 is 28.4 Å². The summed E-state index contributed by atoms with van der Waals surface area (Å²) in [4.78, 5) is 29.6. The van der Waals surface area contributed by atoms with Gasteiger partial charge >= 0.3 is 0 Å². The van der Waals surface area contributed by atoms with E-state index in [2.05, 4.69) is 15.6 Å². The Morgan fingerprint density at radius 2 is 1.77 bits per heavy atom. The second-order valence-corrected chi connectivity index (χ2v) is 8.16. The summed E-state index contributed by atoms with van der Waals surface area (Å²) in [5.74, 6) is 1.21. The number of aromatic amines is 1. The van der Waals surface area contributed by atoms with Crippen LogP contribution in [-0.4, -0.2) is 37.1 Å². The van der Waals surface area contributed by atoms with Crippen LogP contribution in [0.5, 0.6) is 17.2 Å². The molecule has 1 aliphatic heterocycles. The average Bonchev–Trinajstić information content (AvgIpc) is 3.30. The standard InChI is InChI=1S/C27H25N3O5/c1-33-20-9-6-17(7-10-20)26(27(32)29-19-8-11-23-24(15-19)35-13-12-34-23)30-25(31)14-18-16-28-22-5-3-2-4-21(18)22/h2-11,15-16,26,28H,12-14H2,1H3,(H,29,32)(H,30,31)/t26-/m1/s1. The summed E-state index contributed by atoms with van der Waals surface area (Å²) < 4.78 is 16.4. The quantitative estimate of drug-likeness (QED) is 0.378. The van der Waals surface area contributed by atoms with Crippen LogP contribution < -0.4 is 24.8 Å². The molecule has 5 rings (SSSR count). The molecule has 178 valence electrons. The maximum atomic E-state index is 13.4. The van der Waals surface area contributed by atoms with Gasteiger partial charge in [-0.05, 0) is 41.5 Å². The van der Waals surface area contributed by atoms with Crippen LogP contribution in [0, 0.1) is 0 Å². The van der Waals surface area contributed by atoms with Gasteiger partial charge in [0, 0.05) is 28.9 Å². The van der Waals surface area contributed by atoms with Gasteiger partial charge in [0.05, 0.1) is 13.5 Å². The monoisotopic (exact) mass is 471 g/mol. The van der Waals surface area contributed by atoms with Crippen molar-refractivity contribution in [1.29, 1.82) is 0 Å². The van der Waals surface area contributed by atoms with E-state index in [-0.39, 0.29) is 18.2 Å². The molecular weight excluding hydrogens is 446 g/mol. The fourth-order valence-corrected chi connectivity index (χ4v) is 4.10. The van der Waals surface area contributed by atoms with Crippen LogP contribution in [0.3, 0.4) is 0 Å². The molecule has 3 aromatic carbocycles. The Hall–Kier alpha value is -4.46. The molecule has 3 N–H and O–H groups in total. The van der Waals surface area contributed by atoms with Crippen LogP contribution >= 0.6 is 0 Å². The summed E-state index contributed by atoms with van der Waals surface area (Å²) in [5.41, 5.74) is 2.99. The van der Waals surface area contributed by atoms with E-state index in [4.69, 9.17) is 14.2 Å². The zero-order valence-electron chi connectivity index (χ0n) is 19.2. The summed E-state index contributed by atoms with van der Waals surface area (Å²) >= 11 is 0. The lowest BCUT2D eigenvalue weighted by molar-refractivity contribution is -0.126. The Morgan fingerprint density at radius 1 is 1.00 bits per heavy atom. The number of aromatic nitrogens is 1. The second-order valence-electron chi connectivity index (χ2n) is 8.16. The SMILES string of the molecule is COc1ccc([C@@H](NC(=O)Cc2c[nH]c3ccccc23)C(=O)Nc2ccc3c(c2)OCCO3)cc1. The van der Waals surface area contributed by atoms with E-state index in [9.17, 15) is 9.59 Å². The number of rotatable bonds is 7. The van der Waals surface area contributed by atoms with Crippen LogP contribution in [0.4, 0.5) is 5.69 Å². The first-order valence-electron chi connectivity index (χ1n) is 11.3. The number of para-hydroxylation sites is 1. The lowest BCUT2D eigenvalue weighted by Crippen LogP contribution is -2.37. The maximum absolute atomic E-state index is 13.4. The molecule has 0 bridgehead atoms. The molecule has 1 aromatic heterocycles. The van der Waals surface area contributed by atoms with Crippen LogP contribution in [-0.2, 0) is 16.0 Å². The molecule has 0 spiro atoms. The highest BCUT2D eigenvalue weighted by Gasteiger charge is 2.24. The van der Waals surface area contributed by atoms with E-state index in [0.29, 0.717) is 41.7 Å². The number of hydrogen-bond acceptors (Lipinski definition) is 5. The van der Waals surface area contributed by atoms with Gasteiger partial charge in [0.2, 0.25) is 5.91 Å². The number of ether oxygens (including phenoxy) is 3. The number of methoxy groups -OCH3 is 1. The van der Waals surface area contributed by atoms with Crippen molar-refractivity contribution in [3.63, 3.8) is 0 Å². The van der Waals surface area contributed by atoms with E-state index < -0.39 is 6.04 Å². The lowest BCUT2D eigenvalue weighted by Gasteiger charge is -2.21. The number of benzene rings is 3. The average molecular weight is 472 g/mol. The Balaban J connectivity index is 1.36. The van der Waals surface area contributed by atoms with Gasteiger partial charge in [-0.2, -0.15) is 0 Å². The third kappa shape index (κ3) is 4.91. The van der Waals surface area contributed by atoms with Gasteiger partial charge in [-0.1, -0.05) is 30.3 Å². The van der Waals surface area contributed by atoms with Gasteiger partial charge < -0.3 is 29.8 Å². The van der Waals surface area contributed by atoms with Crippen LogP contribution in [0.25, 0.3) is 10.9 Å². The van der Waals surface area contributed by atoms with Gasteiger partial charge in [-0.3, -0.25) is 9.59 Å². The van der Waals surface area contributed by atoms with E-state index in [1.54, 1.807) is 49.6 Å². The zero-order chi connectivity index (χ0) is 24.2. The number of carbonyl (C=O) groups is 2. The smallest absolute Gasteiger partial charge is 0.251 e. The first-order valence-corrected chi connectivity index (χ1v) is 11.3. The number of anilines is 1. The summed E-state index contributed by atoms with van der Waals surface area (Å²) in [6.45, 7) is 0.934. The highest BCUT2D eigenvalue weighted by atomic mass is 16.6. The largest absolute Gasteiger partial charge is 0.497 e. The Labute approximate surface area is 202 Å². The van der Waals surface area contributed by atoms with Gasteiger partial charge in [-0.25, -0.2) is 0 Å². The first kappa shape index (κ1) is 22.3. The van der Waals surface area contributed by atoms with Gasteiger partial charge in [-0.15, -0.1) is 0 Å². The third-order valence-corrected chi connectivity index (χ3v) is 5.85. The van der Waals surface area contributed by atoms with E-state index >= 15 is 0 Å². The summed E-state index contributed by atoms with van der Waals surface area (Å²) in [7, 11) is 1.57. The molecule has 0 unspecified atom stereocenters. The van der Waals surface area contributed by atoms with Crippen molar-refractivity contribution < 1.29 is 23.8 Å².